The van der Waals surface area contributed by atoms with E-state index in [1.807, 2.05) is 13.0 Å². The van der Waals surface area contributed by atoms with E-state index >= 15 is 0 Å². The van der Waals surface area contributed by atoms with Crippen molar-refractivity contribution in [1.29, 1.82) is 0 Å². The molecule has 1 fully saturated rings. The lowest BCUT2D eigenvalue weighted by atomic mass is 10.1. The number of methoxy groups -OCH3 is 1. The normalized spacial score (nSPS) is 15.0. The van der Waals surface area contributed by atoms with Crippen molar-refractivity contribution >= 4 is 73.8 Å². The van der Waals surface area contributed by atoms with Crippen molar-refractivity contribution in [2.75, 3.05) is 13.7 Å². The fraction of sp³-hybridized carbons (Fsp3) is 0.179. The molecule has 0 aliphatic carbocycles. The summed E-state index contributed by atoms with van der Waals surface area (Å²) >= 11 is 16.2. The van der Waals surface area contributed by atoms with E-state index in [1.165, 1.54) is 24.1 Å². The fourth-order valence-electron chi connectivity index (χ4n) is 3.88. The third kappa shape index (κ3) is 6.46. The summed E-state index contributed by atoms with van der Waals surface area (Å²) in [5, 5.41) is 0.253. The van der Waals surface area contributed by atoms with E-state index in [1.54, 1.807) is 48.5 Å². The van der Waals surface area contributed by atoms with Crippen LogP contribution in [0.4, 0.5) is 4.39 Å². The Morgan fingerprint density at radius 1 is 1.18 bits per heavy atom. The Hall–Kier alpha value is -2.92. The zero-order valence-electron chi connectivity index (χ0n) is 20.8. The van der Waals surface area contributed by atoms with Crippen molar-refractivity contribution in [2.24, 2.45) is 0 Å². The van der Waals surface area contributed by atoms with Gasteiger partial charge in [-0.1, -0.05) is 72.0 Å². The molecule has 1 heterocycles. The van der Waals surface area contributed by atoms with Crippen LogP contribution in [0.3, 0.4) is 0 Å². The molecule has 0 radical (unpaired) electrons. The summed E-state index contributed by atoms with van der Waals surface area (Å²) in [7, 11) is 1.27. The number of thioether (sulfide) groups is 1. The van der Waals surface area contributed by atoms with E-state index in [9.17, 15) is 14.0 Å². The number of halogens is 3. The minimum Gasteiger partial charge on any atom is -0.490 e. The molecule has 0 N–H and O–H groups in total. The van der Waals surface area contributed by atoms with Gasteiger partial charge in [0.15, 0.2) is 17.5 Å². The quantitative estimate of drug-likeness (QED) is 0.136. The van der Waals surface area contributed by atoms with Crippen LogP contribution in [-0.2, 0) is 20.9 Å². The Morgan fingerprint density at radius 3 is 2.59 bits per heavy atom. The van der Waals surface area contributed by atoms with Crippen LogP contribution < -0.4 is 9.47 Å². The van der Waals surface area contributed by atoms with Gasteiger partial charge in [-0.25, -0.2) is 9.18 Å². The molecule has 39 heavy (non-hydrogen) atoms. The monoisotopic (exact) mass is 649 g/mol. The molecule has 1 atom stereocenters. The molecule has 6 nitrogen and oxygen atoms in total. The number of carbonyl (C=O) groups excluding carboxylic acids is 2. The maximum Gasteiger partial charge on any atom is 0.333 e. The van der Waals surface area contributed by atoms with Crippen LogP contribution in [0.15, 0.2) is 70.0 Å². The average Bonchev–Trinajstić information content (AvgIpc) is 3.18. The van der Waals surface area contributed by atoms with E-state index in [2.05, 4.69) is 15.9 Å². The van der Waals surface area contributed by atoms with E-state index in [-0.39, 0.29) is 21.5 Å². The van der Waals surface area contributed by atoms with E-state index in [4.69, 9.17) is 38.0 Å². The molecule has 202 valence electrons. The SMILES string of the molecule is CCOc1cc(/C=C2/SC(=S)N(C(C(=O)OC)c3ccccc3)C2=O)cc(Br)c1OCc1c(F)cccc1Cl. The van der Waals surface area contributed by atoms with Crippen molar-refractivity contribution in [3.63, 3.8) is 0 Å². The first kappa shape index (κ1) is 29.1. The molecule has 3 aromatic rings. The molecule has 0 bridgehead atoms. The predicted molar refractivity (Wildman–Crippen MR) is 157 cm³/mol. The van der Waals surface area contributed by atoms with Gasteiger partial charge in [0.1, 0.15) is 16.7 Å². The number of amides is 1. The lowest BCUT2D eigenvalue weighted by molar-refractivity contribution is -0.148. The second kappa shape index (κ2) is 13.0. The second-order valence-corrected chi connectivity index (χ2v) is 11.1. The number of carbonyl (C=O) groups is 2. The molecule has 4 rings (SSSR count). The van der Waals surface area contributed by atoms with Crippen molar-refractivity contribution < 1.29 is 28.2 Å². The summed E-state index contributed by atoms with van der Waals surface area (Å²) in [6.45, 7) is 2.04. The number of nitrogens with zero attached hydrogens (tertiary/aromatic N) is 1. The molecule has 1 aliphatic rings. The van der Waals surface area contributed by atoms with Crippen molar-refractivity contribution in [3.8, 4) is 11.5 Å². The molecule has 1 aliphatic heterocycles. The van der Waals surface area contributed by atoms with E-state index in [0.29, 0.717) is 38.6 Å². The van der Waals surface area contributed by atoms with Crippen LogP contribution >= 0.6 is 51.5 Å². The predicted octanol–water partition coefficient (Wildman–Crippen LogP) is 7.33. The molecule has 1 unspecified atom stereocenters. The van der Waals surface area contributed by atoms with Gasteiger partial charge in [-0.05, 0) is 64.3 Å². The molecule has 0 spiro atoms. The van der Waals surface area contributed by atoms with Gasteiger partial charge in [0.25, 0.3) is 5.91 Å². The minimum absolute atomic E-state index is 0.114. The highest BCUT2D eigenvalue weighted by Crippen LogP contribution is 2.42. The van der Waals surface area contributed by atoms with Crippen LogP contribution in [-0.4, -0.2) is 34.8 Å². The maximum absolute atomic E-state index is 14.2. The summed E-state index contributed by atoms with van der Waals surface area (Å²) < 4.78 is 31.7. The van der Waals surface area contributed by atoms with Crippen LogP contribution in [0.2, 0.25) is 5.02 Å². The Kier molecular flexibility index (Phi) is 9.66. The minimum atomic E-state index is -1.01. The first-order chi connectivity index (χ1) is 18.7. The number of rotatable bonds is 9. The maximum atomic E-state index is 14.2. The van der Waals surface area contributed by atoms with Crippen molar-refractivity contribution in [1.82, 2.24) is 4.90 Å². The summed E-state index contributed by atoms with van der Waals surface area (Å²) in [6.07, 6.45) is 1.66. The van der Waals surface area contributed by atoms with Crippen molar-refractivity contribution in [2.45, 2.75) is 19.6 Å². The van der Waals surface area contributed by atoms with Gasteiger partial charge in [-0.15, -0.1) is 0 Å². The topological polar surface area (TPSA) is 65.1 Å². The number of hydrogen-bond acceptors (Lipinski definition) is 7. The summed E-state index contributed by atoms with van der Waals surface area (Å²) in [5.74, 6) is -0.756. The summed E-state index contributed by atoms with van der Waals surface area (Å²) in [5.41, 5.74) is 1.43. The van der Waals surface area contributed by atoms with E-state index in [0.717, 1.165) is 11.8 Å². The highest BCUT2D eigenvalue weighted by Gasteiger charge is 2.42. The Labute approximate surface area is 248 Å². The van der Waals surface area contributed by atoms with Crippen molar-refractivity contribution in [3.05, 3.63) is 97.6 Å². The smallest absolute Gasteiger partial charge is 0.333 e. The zero-order chi connectivity index (χ0) is 28.1. The molecule has 11 heteroatoms. The van der Waals surface area contributed by atoms with Gasteiger partial charge in [-0.3, -0.25) is 9.69 Å². The third-order valence-electron chi connectivity index (χ3n) is 5.67. The Balaban J connectivity index is 1.64. The first-order valence-corrected chi connectivity index (χ1v) is 14.1. The lowest BCUT2D eigenvalue weighted by Gasteiger charge is -2.24. The standard InChI is InChI=1S/C28H22BrClFNO5S2/c1-3-36-22-13-16(12-19(29)25(22)37-15-18-20(30)10-7-11-21(18)31)14-23-26(33)32(28(38)39-23)24(27(34)35-2)17-8-5-4-6-9-17/h4-14,24H,3,15H2,1-2H3/b23-14+. The molecule has 1 saturated heterocycles. The average molecular weight is 651 g/mol. The molecule has 1 amide bonds. The van der Waals surface area contributed by atoms with Gasteiger partial charge >= 0.3 is 5.97 Å². The van der Waals surface area contributed by atoms with Crippen LogP contribution in [0.5, 0.6) is 11.5 Å². The summed E-state index contributed by atoms with van der Waals surface area (Å²) in [4.78, 5) is 27.7. The van der Waals surface area contributed by atoms with Crippen LogP contribution in [0, 0.1) is 5.82 Å². The van der Waals surface area contributed by atoms with Crippen LogP contribution in [0.1, 0.15) is 29.7 Å². The van der Waals surface area contributed by atoms with Gasteiger partial charge in [0.05, 0.1) is 28.1 Å². The second-order valence-electron chi connectivity index (χ2n) is 8.14. The number of thiocarbonyl (C=S) groups is 1. The van der Waals surface area contributed by atoms with Gasteiger partial charge < -0.3 is 14.2 Å². The number of esters is 1. The summed E-state index contributed by atoms with van der Waals surface area (Å²) in [6, 6.07) is 15.7. The van der Waals surface area contributed by atoms with Crippen LogP contribution in [0.25, 0.3) is 6.08 Å². The molecule has 3 aromatic carbocycles. The largest absolute Gasteiger partial charge is 0.490 e. The fourth-order valence-corrected chi connectivity index (χ4v) is 5.98. The third-order valence-corrected chi connectivity index (χ3v) is 7.95. The first-order valence-electron chi connectivity index (χ1n) is 11.7. The molecule has 0 saturated carbocycles. The Bertz CT molecular complexity index is 1430. The highest BCUT2D eigenvalue weighted by atomic mass is 79.9. The number of ether oxygens (including phenoxy) is 3. The lowest BCUT2D eigenvalue weighted by Crippen LogP contribution is -2.37. The highest BCUT2D eigenvalue weighted by molar-refractivity contribution is 9.10. The molecule has 0 aromatic heterocycles. The zero-order valence-corrected chi connectivity index (χ0v) is 24.8. The number of benzene rings is 3. The van der Waals surface area contributed by atoms with Gasteiger partial charge in [-0.2, -0.15) is 0 Å². The Morgan fingerprint density at radius 2 is 1.92 bits per heavy atom. The molecular formula is C28H22BrClFNO5S2. The molecular weight excluding hydrogens is 629 g/mol. The van der Waals surface area contributed by atoms with E-state index < -0.39 is 23.7 Å². The number of hydrogen-bond donors (Lipinski definition) is 0. The van der Waals surface area contributed by atoms with Gasteiger partial charge in [0.2, 0.25) is 0 Å². The van der Waals surface area contributed by atoms with Gasteiger partial charge in [0, 0.05) is 5.56 Å².